The van der Waals surface area contributed by atoms with Gasteiger partial charge >= 0.3 is 0 Å². The van der Waals surface area contributed by atoms with Crippen LogP contribution in [0.3, 0.4) is 0 Å². The van der Waals surface area contributed by atoms with E-state index in [0.717, 1.165) is 22.3 Å². The number of carbonyl (C=O) groups excluding carboxylic acids is 1. The lowest BCUT2D eigenvalue weighted by Crippen LogP contribution is -2.13. The highest BCUT2D eigenvalue weighted by Gasteiger charge is 2.11. The summed E-state index contributed by atoms with van der Waals surface area (Å²) in [6.45, 7) is 4.03. The van der Waals surface area contributed by atoms with Crippen LogP contribution in [0, 0.1) is 6.92 Å². The fraction of sp³-hybridized carbons (Fsp3) is 0.136. The summed E-state index contributed by atoms with van der Waals surface area (Å²) in [5, 5.41) is 6.29. The molecule has 3 aromatic heterocycles. The molecule has 0 unspecified atom stereocenters. The number of pyridine rings is 2. The van der Waals surface area contributed by atoms with E-state index in [1.165, 1.54) is 0 Å². The molecule has 7 heteroatoms. The van der Waals surface area contributed by atoms with Crippen molar-refractivity contribution in [2.45, 2.75) is 19.9 Å². The Bertz CT molecular complexity index is 1160. The van der Waals surface area contributed by atoms with Crippen molar-refractivity contribution in [1.29, 1.82) is 0 Å². The minimum absolute atomic E-state index is 0.0422. The molecule has 3 heterocycles. The van der Waals surface area contributed by atoms with Crippen LogP contribution in [0.5, 0.6) is 0 Å². The van der Waals surface area contributed by atoms with E-state index in [9.17, 15) is 4.79 Å². The smallest absolute Gasteiger partial charge is 0.257 e. The number of hydrogen-bond donors (Lipinski definition) is 2. The third-order valence-electron chi connectivity index (χ3n) is 4.46. The number of aromatic nitrogens is 4. The van der Waals surface area contributed by atoms with Crippen LogP contribution in [0.15, 0.2) is 67.3 Å². The number of rotatable bonds is 5. The van der Waals surface area contributed by atoms with Crippen molar-refractivity contribution in [3.05, 3.63) is 83.9 Å². The monoisotopic (exact) mass is 384 g/mol. The van der Waals surface area contributed by atoms with Gasteiger partial charge in [-0.1, -0.05) is 6.07 Å². The normalized spacial score (nSPS) is 11.8. The van der Waals surface area contributed by atoms with Gasteiger partial charge in [0.25, 0.3) is 5.91 Å². The SMILES string of the molecule is Cc1cc(NC(=O)c2cccnc2)cc([C@H](C)Nc2cnc3cccnc3n2)c1. The molecule has 1 atom stereocenters. The number of aryl methyl sites for hydroxylation is 1. The maximum atomic E-state index is 12.4. The van der Waals surface area contributed by atoms with Gasteiger partial charge in [-0.25, -0.2) is 15.0 Å². The van der Waals surface area contributed by atoms with Crippen LogP contribution < -0.4 is 10.6 Å². The Morgan fingerprint density at radius 3 is 2.72 bits per heavy atom. The van der Waals surface area contributed by atoms with E-state index >= 15 is 0 Å². The van der Waals surface area contributed by atoms with Crippen molar-refractivity contribution in [1.82, 2.24) is 19.9 Å². The first-order valence-corrected chi connectivity index (χ1v) is 9.26. The van der Waals surface area contributed by atoms with Gasteiger partial charge in [0.2, 0.25) is 0 Å². The number of carbonyl (C=O) groups is 1. The summed E-state index contributed by atoms with van der Waals surface area (Å²) in [5.74, 6) is 0.452. The van der Waals surface area contributed by atoms with Crippen LogP contribution in [-0.4, -0.2) is 25.8 Å². The Hall–Kier alpha value is -3.87. The molecule has 7 nitrogen and oxygen atoms in total. The summed E-state index contributed by atoms with van der Waals surface area (Å²) >= 11 is 0. The average molecular weight is 384 g/mol. The lowest BCUT2D eigenvalue weighted by atomic mass is 10.0. The Labute approximate surface area is 168 Å². The van der Waals surface area contributed by atoms with Gasteiger partial charge in [-0.05, 0) is 61.4 Å². The Kier molecular flexibility index (Phi) is 5.11. The van der Waals surface area contributed by atoms with E-state index in [1.807, 2.05) is 38.1 Å². The third-order valence-corrected chi connectivity index (χ3v) is 4.46. The molecule has 1 amide bonds. The summed E-state index contributed by atoms with van der Waals surface area (Å²) in [4.78, 5) is 29.6. The van der Waals surface area contributed by atoms with Crippen LogP contribution in [0.25, 0.3) is 11.2 Å². The van der Waals surface area contributed by atoms with Gasteiger partial charge in [-0.2, -0.15) is 0 Å². The molecule has 2 N–H and O–H groups in total. The second-order valence-corrected chi connectivity index (χ2v) is 6.80. The molecule has 29 heavy (non-hydrogen) atoms. The van der Waals surface area contributed by atoms with Crippen LogP contribution >= 0.6 is 0 Å². The Balaban J connectivity index is 1.53. The second-order valence-electron chi connectivity index (χ2n) is 6.80. The number of fused-ring (bicyclic) bond motifs is 1. The Morgan fingerprint density at radius 1 is 1.03 bits per heavy atom. The molecule has 144 valence electrons. The van der Waals surface area contributed by atoms with Crippen molar-refractivity contribution in [3.8, 4) is 0 Å². The summed E-state index contributed by atoms with van der Waals surface area (Å²) < 4.78 is 0. The van der Waals surface area contributed by atoms with Crippen molar-refractivity contribution in [2.75, 3.05) is 10.6 Å². The predicted molar refractivity (Wildman–Crippen MR) is 113 cm³/mol. The highest BCUT2D eigenvalue weighted by atomic mass is 16.1. The summed E-state index contributed by atoms with van der Waals surface area (Å²) in [6, 6.07) is 13.1. The van der Waals surface area contributed by atoms with Gasteiger partial charge in [0.15, 0.2) is 5.65 Å². The van der Waals surface area contributed by atoms with Crippen LogP contribution in [0.1, 0.15) is 34.5 Å². The molecule has 0 aliphatic carbocycles. The van der Waals surface area contributed by atoms with Crippen molar-refractivity contribution >= 4 is 28.6 Å². The quantitative estimate of drug-likeness (QED) is 0.537. The van der Waals surface area contributed by atoms with Crippen LogP contribution in [0.4, 0.5) is 11.5 Å². The van der Waals surface area contributed by atoms with Gasteiger partial charge in [0.05, 0.1) is 17.8 Å². The molecule has 1 aromatic carbocycles. The van der Waals surface area contributed by atoms with E-state index in [1.54, 1.807) is 36.9 Å². The molecule has 0 aliphatic rings. The minimum Gasteiger partial charge on any atom is -0.362 e. The van der Waals surface area contributed by atoms with Crippen LogP contribution in [-0.2, 0) is 0 Å². The first kappa shape index (κ1) is 18.5. The summed E-state index contributed by atoms with van der Waals surface area (Å²) in [6.07, 6.45) is 6.58. The van der Waals surface area contributed by atoms with Gasteiger partial charge in [0.1, 0.15) is 11.3 Å². The highest BCUT2D eigenvalue weighted by Crippen LogP contribution is 2.23. The fourth-order valence-corrected chi connectivity index (χ4v) is 3.06. The van der Waals surface area contributed by atoms with Crippen molar-refractivity contribution < 1.29 is 4.79 Å². The maximum Gasteiger partial charge on any atom is 0.257 e. The molecular weight excluding hydrogens is 364 g/mol. The zero-order chi connectivity index (χ0) is 20.2. The molecular formula is C22H20N6O. The Morgan fingerprint density at radius 2 is 1.90 bits per heavy atom. The first-order valence-electron chi connectivity index (χ1n) is 9.26. The third kappa shape index (κ3) is 4.35. The summed E-state index contributed by atoms with van der Waals surface area (Å²) in [7, 11) is 0. The van der Waals surface area contributed by atoms with Crippen molar-refractivity contribution in [2.24, 2.45) is 0 Å². The standard InChI is InChI=1S/C22H20N6O/c1-14-9-17(11-18(10-14)27-22(29)16-5-3-7-23-12-16)15(2)26-20-13-25-19-6-4-8-24-21(19)28-20/h3-13,15H,1-2H3,(H,27,29)(H,24,26,28)/t15-/m0/s1. The number of hydrogen-bond acceptors (Lipinski definition) is 6. The van der Waals surface area contributed by atoms with E-state index in [4.69, 9.17) is 0 Å². The maximum absolute atomic E-state index is 12.4. The van der Waals surface area contributed by atoms with Gasteiger partial charge in [-0.3, -0.25) is 9.78 Å². The lowest BCUT2D eigenvalue weighted by Gasteiger charge is -2.17. The number of nitrogens with one attached hydrogen (secondary N) is 2. The molecule has 0 fully saturated rings. The van der Waals surface area contributed by atoms with E-state index in [2.05, 4.69) is 36.6 Å². The highest BCUT2D eigenvalue weighted by molar-refractivity contribution is 6.04. The number of benzene rings is 1. The molecule has 0 radical (unpaired) electrons. The molecule has 0 saturated carbocycles. The van der Waals surface area contributed by atoms with Gasteiger partial charge < -0.3 is 10.6 Å². The fourth-order valence-electron chi connectivity index (χ4n) is 3.06. The van der Waals surface area contributed by atoms with Gasteiger partial charge in [0, 0.05) is 24.3 Å². The summed E-state index contributed by atoms with van der Waals surface area (Å²) in [5.41, 5.74) is 4.66. The molecule has 4 rings (SSSR count). The zero-order valence-electron chi connectivity index (χ0n) is 16.1. The minimum atomic E-state index is -0.193. The van der Waals surface area contributed by atoms with E-state index in [0.29, 0.717) is 17.0 Å². The molecule has 4 aromatic rings. The van der Waals surface area contributed by atoms with Crippen molar-refractivity contribution in [3.63, 3.8) is 0 Å². The topological polar surface area (TPSA) is 92.7 Å². The number of nitrogens with zero attached hydrogens (tertiary/aromatic N) is 4. The van der Waals surface area contributed by atoms with E-state index in [-0.39, 0.29) is 11.9 Å². The predicted octanol–water partition coefficient (Wildman–Crippen LogP) is 4.15. The number of anilines is 2. The average Bonchev–Trinajstić information content (AvgIpc) is 2.74. The zero-order valence-corrected chi connectivity index (χ0v) is 16.1. The number of amides is 1. The molecule has 0 aliphatic heterocycles. The molecule has 0 bridgehead atoms. The second kappa shape index (κ2) is 8.02. The van der Waals surface area contributed by atoms with Crippen LogP contribution in [0.2, 0.25) is 0 Å². The van der Waals surface area contributed by atoms with E-state index < -0.39 is 0 Å². The molecule has 0 spiro atoms. The largest absolute Gasteiger partial charge is 0.362 e. The first-order chi connectivity index (χ1) is 14.1. The van der Waals surface area contributed by atoms with Gasteiger partial charge in [-0.15, -0.1) is 0 Å². The lowest BCUT2D eigenvalue weighted by molar-refractivity contribution is 0.102. The molecule has 0 saturated heterocycles.